The fourth-order valence-electron chi connectivity index (χ4n) is 2.07. The van der Waals surface area contributed by atoms with Gasteiger partial charge in [-0.25, -0.2) is 4.98 Å². The van der Waals surface area contributed by atoms with Crippen LogP contribution < -0.4 is 5.32 Å². The van der Waals surface area contributed by atoms with Gasteiger partial charge >= 0.3 is 0 Å². The largest absolute Gasteiger partial charge is 0.329 e. The van der Waals surface area contributed by atoms with E-state index in [1.54, 1.807) is 6.20 Å². The predicted octanol–water partition coefficient (Wildman–Crippen LogP) is 3.66. The molecule has 0 saturated carbocycles. The molecule has 1 heterocycles. The molecule has 112 valence electrons. The van der Waals surface area contributed by atoms with Crippen LogP contribution in [0.1, 0.15) is 31.7 Å². The van der Waals surface area contributed by atoms with Gasteiger partial charge < -0.3 is 9.88 Å². The van der Waals surface area contributed by atoms with Crippen LogP contribution in [0.5, 0.6) is 0 Å². The molecule has 5 heteroatoms. The Labute approximate surface area is 130 Å². The van der Waals surface area contributed by atoms with Crippen molar-refractivity contribution in [3.8, 4) is 0 Å². The zero-order valence-corrected chi connectivity index (χ0v) is 13.5. The van der Waals surface area contributed by atoms with E-state index in [0.717, 1.165) is 17.3 Å². The second-order valence-corrected chi connectivity index (χ2v) is 6.00. The van der Waals surface area contributed by atoms with Crippen molar-refractivity contribution in [1.82, 2.24) is 9.55 Å². The number of benzene rings is 1. The van der Waals surface area contributed by atoms with Crippen molar-refractivity contribution in [1.29, 1.82) is 0 Å². The Kier molecular flexibility index (Phi) is 5.44. The highest BCUT2D eigenvalue weighted by Gasteiger charge is 2.12. The number of imidazole rings is 1. The van der Waals surface area contributed by atoms with E-state index in [1.807, 2.05) is 36.0 Å². The Bertz CT molecular complexity index is 609. The summed E-state index contributed by atoms with van der Waals surface area (Å²) in [6, 6.07) is 8.01. The summed E-state index contributed by atoms with van der Waals surface area (Å²) in [4.78, 5) is 16.3. The number of nitrogens with zero attached hydrogens (tertiary/aromatic N) is 2. The molecule has 21 heavy (non-hydrogen) atoms. The molecule has 4 nitrogen and oxygen atoms in total. The quantitative estimate of drug-likeness (QED) is 0.828. The number of thioether (sulfide) groups is 1. The highest BCUT2D eigenvalue weighted by molar-refractivity contribution is 7.99. The molecule has 1 N–H and O–H groups in total. The highest BCUT2D eigenvalue weighted by atomic mass is 32.2. The van der Waals surface area contributed by atoms with Crippen LogP contribution in [0.4, 0.5) is 5.69 Å². The number of aryl methyl sites for hydroxylation is 1. The first kappa shape index (κ1) is 15.6. The molecular formula is C16H21N3OS. The Hall–Kier alpha value is -1.75. The summed E-state index contributed by atoms with van der Waals surface area (Å²) < 4.78 is 1.91. The van der Waals surface area contributed by atoms with Crippen LogP contribution in [0.3, 0.4) is 0 Å². The molecule has 0 radical (unpaired) electrons. The lowest BCUT2D eigenvalue weighted by Gasteiger charge is -2.15. The van der Waals surface area contributed by atoms with E-state index in [1.165, 1.54) is 17.3 Å². The number of aromatic nitrogens is 2. The molecule has 1 aromatic heterocycles. The molecule has 0 unspecified atom stereocenters. The topological polar surface area (TPSA) is 46.9 Å². The van der Waals surface area contributed by atoms with E-state index < -0.39 is 0 Å². The normalized spacial score (nSPS) is 12.1. The summed E-state index contributed by atoms with van der Waals surface area (Å²) in [6.07, 6.45) is 4.66. The summed E-state index contributed by atoms with van der Waals surface area (Å²) in [7, 11) is 1.92. The molecule has 0 fully saturated rings. The zero-order chi connectivity index (χ0) is 15.2. The van der Waals surface area contributed by atoms with E-state index in [0.29, 0.717) is 11.7 Å². The van der Waals surface area contributed by atoms with Gasteiger partial charge in [-0.3, -0.25) is 4.79 Å². The number of amides is 1. The number of hydrogen-bond donors (Lipinski definition) is 1. The number of nitrogens with one attached hydrogen (secondary N) is 1. The molecule has 2 aromatic rings. The third-order valence-electron chi connectivity index (χ3n) is 3.49. The minimum Gasteiger partial charge on any atom is -0.329 e. The monoisotopic (exact) mass is 303 g/mol. The van der Waals surface area contributed by atoms with E-state index in [-0.39, 0.29) is 5.91 Å². The van der Waals surface area contributed by atoms with E-state index >= 15 is 0 Å². The number of hydrogen-bond acceptors (Lipinski definition) is 3. The molecule has 0 aliphatic heterocycles. The van der Waals surface area contributed by atoms with Crippen LogP contribution in [0.2, 0.25) is 0 Å². The lowest BCUT2D eigenvalue weighted by atomic mass is 9.97. The Morgan fingerprint density at radius 1 is 1.43 bits per heavy atom. The summed E-state index contributed by atoms with van der Waals surface area (Å²) in [5.74, 6) is 0.794. The Morgan fingerprint density at radius 2 is 2.19 bits per heavy atom. The number of carbonyl (C=O) groups is 1. The van der Waals surface area contributed by atoms with Crippen molar-refractivity contribution in [2.75, 3.05) is 11.1 Å². The lowest BCUT2D eigenvalue weighted by molar-refractivity contribution is -0.113. The van der Waals surface area contributed by atoms with Crippen LogP contribution >= 0.6 is 11.8 Å². The van der Waals surface area contributed by atoms with E-state index in [4.69, 9.17) is 0 Å². The summed E-state index contributed by atoms with van der Waals surface area (Å²) in [5.41, 5.74) is 2.10. The minimum absolute atomic E-state index is 0.00115. The van der Waals surface area contributed by atoms with Crippen molar-refractivity contribution in [3.05, 3.63) is 42.2 Å². The predicted molar refractivity (Wildman–Crippen MR) is 87.7 cm³/mol. The van der Waals surface area contributed by atoms with Gasteiger partial charge in [-0.1, -0.05) is 43.8 Å². The fourth-order valence-corrected chi connectivity index (χ4v) is 2.80. The zero-order valence-electron chi connectivity index (χ0n) is 12.7. The average molecular weight is 303 g/mol. The first-order valence-electron chi connectivity index (χ1n) is 7.10. The summed E-state index contributed by atoms with van der Waals surface area (Å²) in [5, 5.41) is 3.86. The summed E-state index contributed by atoms with van der Waals surface area (Å²) in [6.45, 7) is 4.33. The van der Waals surface area contributed by atoms with Crippen molar-refractivity contribution in [2.24, 2.45) is 7.05 Å². The van der Waals surface area contributed by atoms with Crippen LogP contribution in [-0.2, 0) is 11.8 Å². The first-order chi connectivity index (χ1) is 10.1. The maximum atomic E-state index is 12.1. The molecule has 1 atom stereocenters. The van der Waals surface area contributed by atoms with Gasteiger partial charge in [0.05, 0.1) is 5.75 Å². The second-order valence-electron chi connectivity index (χ2n) is 5.05. The standard InChI is InChI=1S/C16H21N3OS/c1-4-12(2)13-7-5-6-8-14(13)18-15(20)11-21-16-17-9-10-19(16)3/h5-10,12H,4,11H2,1-3H3,(H,18,20)/t12-/m1/s1. The molecular weight excluding hydrogens is 282 g/mol. The summed E-state index contributed by atoms with van der Waals surface area (Å²) >= 11 is 1.44. The number of carbonyl (C=O) groups excluding carboxylic acids is 1. The van der Waals surface area contributed by atoms with Crippen LogP contribution in [0.15, 0.2) is 41.8 Å². The molecule has 0 spiro atoms. The van der Waals surface area contributed by atoms with Gasteiger partial charge in [0, 0.05) is 25.1 Å². The molecule has 1 aromatic carbocycles. The van der Waals surface area contributed by atoms with Gasteiger partial charge in [0.1, 0.15) is 0 Å². The molecule has 0 aliphatic rings. The Morgan fingerprint density at radius 3 is 2.86 bits per heavy atom. The third kappa shape index (κ3) is 4.11. The Balaban J connectivity index is 1.98. The van der Waals surface area contributed by atoms with Crippen molar-refractivity contribution in [3.63, 3.8) is 0 Å². The first-order valence-corrected chi connectivity index (χ1v) is 8.09. The highest BCUT2D eigenvalue weighted by Crippen LogP contribution is 2.26. The van der Waals surface area contributed by atoms with Gasteiger partial charge in [0.25, 0.3) is 0 Å². The molecule has 1 amide bonds. The number of para-hydroxylation sites is 1. The molecule has 0 aliphatic carbocycles. The third-order valence-corrected chi connectivity index (χ3v) is 4.55. The van der Waals surface area contributed by atoms with Gasteiger partial charge in [0.2, 0.25) is 5.91 Å². The SMILES string of the molecule is CC[C@@H](C)c1ccccc1NC(=O)CSc1nccn1C. The minimum atomic E-state index is -0.00115. The lowest BCUT2D eigenvalue weighted by Crippen LogP contribution is -2.16. The van der Waals surface area contributed by atoms with Crippen molar-refractivity contribution in [2.45, 2.75) is 31.3 Å². The van der Waals surface area contributed by atoms with E-state index in [9.17, 15) is 4.79 Å². The van der Waals surface area contributed by atoms with Crippen LogP contribution in [0.25, 0.3) is 0 Å². The number of anilines is 1. The van der Waals surface area contributed by atoms with Crippen molar-refractivity contribution < 1.29 is 4.79 Å². The molecule has 2 rings (SSSR count). The maximum absolute atomic E-state index is 12.1. The van der Waals surface area contributed by atoms with Crippen molar-refractivity contribution >= 4 is 23.4 Å². The van der Waals surface area contributed by atoms with Gasteiger partial charge in [-0.05, 0) is 24.0 Å². The van der Waals surface area contributed by atoms with Gasteiger partial charge in [0.15, 0.2) is 5.16 Å². The molecule has 0 saturated heterocycles. The molecule has 0 bridgehead atoms. The second kappa shape index (κ2) is 7.31. The average Bonchev–Trinajstić information content (AvgIpc) is 2.90. The maximum Gasteiger partial charge on any atom is 0.234 e. The van der Waals surface area contributed by atoms with E-state index in [2.05, 4.69) is 30.2 Å². The number of rotatable bonds is 6. The van der Waals surface area contributed by atoms with Gasteiger partial charge in [-0.2, -0.15) is 0 Å². The smallest absolute Gasteiger partial charge is 0.234 e. The fraction of sp³-hybridized carbons (Fsp3) is 0.375. The van der Waals surface area contributed by atoms with Crippen LogP contribution in [0, 0.1) is 0 Å². The van der Waals surface area contributed by atoms with Gasteiger partial charge in [-0.15, -0.1) is 0 Å². The van der Waals surface area contributed by atoms with Crippen LogP contribution in [-0.4, -0.2) is 21.2 Å².